The Bertz CT molecular complexity index is 775. The molecule has 0 atom stereocenters. The summed E-state index contributed by atoms with van der Waals surface area (Å²) >= 11 is 0. The Morgan fingerprint density at radius 2 is 1.71 bits per heavy atom. The van der Waals surface area contributed by atoms with Gasteiger partial charge in [0.05, 0.1) is 0 Å². The van der Waals surface area contributed by atoms with E-state index in [0.717, 1.165) is 11.1 Å². The highest BCUT2D eigenvalue weighted by molar-refractivity contribution is 5.99. The number of alkyl carbamates (subject to hydrolysis) is 1. The fraction of sp³-hybridized carbons (Fsp3) is 0.550. The largest absolute Gasteiger partial charge is 0.508 e. The number of benzene rings is 1. The maximum absolute atomic E-state index is 12.2. The smallest absolute Gasteiger partial charge is 0.437 e. The lowest BCUT2D eigenvalue weighted by Crippen LogP contribution is -2.48. The number of ether oxygens (including phenoxy) is 2. The molecule has 0 radical (unpaired) electrons. The number of nitrogens with one attached hydrogen (secondary N) is 1. The van der Waals surface area contributed by atoms with Crippen LogP contribution in [0.25, 0.3) is 0 Å². The maximum Gasteiger partial charge on any atom is 0.437 e. The van der Waals surface area contributed by atoms with Crippen molar-refractivity contribution in [2.75, 3.05) is 6.54 Å². The number of hydrogen-bond donors (Lipinski definition) is 2. The zero-order chi connectivity index (χ0) is 21.1. The molecule has 0 fully saturated rings. The molecule has 1 aromatic rings. The van der Waals surface area contributed by atoms with Crippen LogP contribution in [0.15, 0.2) is 23.2 Å². The van der Waals surface area contributed by atoms with Gasteiger partial charge in [0.15, 0.2) is 0 Å². The van der Waals surface area contributed by atoms with Gasteiger partial charge in [-0.3, -0.25) is 5.32 Å². The molecular formula is C20H29N3O5. The van der Waals surface area contributed by atoms with Crippen molar-refractivity contribution in [3.8, 4) is 5.75 Å². The standard InChI is InChI=1S/C20H29N3O5/c1-19(2,3)27-17(25)21-16(22-18(26)28-20(4,5)6)23-10-9-13-7-8-15(24)11-14(13)12-23/h7-8,11,24H,9-10,12H2,1-6H3,(H,21,22,25,26). The first-order chi connectivity index (χ1) is 12.8. The quantitative estimate of drug-likeness (QED) is 0.518. The van der Waals surface area contributed by atoms with E-state index in [2.05, 4.69) is 10.3 Å². The third-order valence-corrected chi connectivity index (χ3v) is 3.71. The second kappa shape index (κ2) is 8.08. The number of rotatable bonds is 0. The second-order valence-corrected chi connectivity index (χ2v) is 8.67. The molecule has 1 aliphatic rings. The first kappa shape index (κ1) is 21.5. The minimum atomic E-state index is -0.805. The van der Waals surface area contributed by atoms with Crippen LogP contribution in [0, 0.1) is 0 Å². The van der Waals surface area contributed by atoms with Crippen molar-refractivity contribution >= 4 is 18.1 Å². The summed E-state index contributed by atoms with van der Waals surface area (Å²) < 4.78 is 10.5. The summed E-state index contributed by atoms with van der Waals surface area (Å²) in [5.74, 6) is 0.212. The van der Waals surface area contributed by atoms with Gasteiger partial charge in [-0.05, 0) is 71.2 Å². The molecule has 0 saturated carbocycles. The monoisotopic (exact) mass is 391 g/mol. The highest BCUT2D eigenvalue weighted by Crippen LogP contribution is 2.23. The molecule has 1 heterocycles. The predicted octanol–water partition coefficient (Wildman–Crippen LogP) is 3.57. The lowest BCUT2D eigenvalue weighted by atomic mass is 10.00. The lowest BCUT2D eigenvalue weighted by molar-refractivity contribution is 0.0553. The summed E-state index contributed by atoms with van der Waals surface area (Å²) in [5, 5.41) is 12.3. The first-order valence-corrected chi connectivity index (χ1v) is 9.20. The van der Waals surface area contributed by atoms with Gasteiger partial charge in [0.2, 0.25) is 5.96 Å². The molecule has 1 aliphatic heterocycles. The van der Waals surface area contributed by atoms with Crippen molar-refractivity contribution in [2.45, 2.75) is 65.7 Å². The van der Waals surface area contributed by atoms with Crippen molar-refractivity contribution in [3.05, 3.63) is 29.3 Å². The van der Waals surface area contributed by atoms with E-state index in [1.807, 2.05) is 6.07 Å². The number of phenols is 1. The van der Waals surface area contributed by atoms with Crippen LogP contribution in [0.1, 0.15) is 52.7 Å². The summed E-state index contributed by atoms with van der Waals surface area (Å²) in [6.45, 7) is 11.4. The fourth-order valence-electron chi connectivity index (χ4n) is 2.67. The Labute approximate surface area is 165 Å². The number of fused-ring (bicyclic) bond motifs is 1. The van der Waals surface area contributed by atoms with E-state index in [0.29, 0.717) is 19.5 Å². The zero-order valence-corrected chi connectivity index (χ0v) is 17.3. The third-order valence-electron chi connectivity index (χ3n) is 3.71. The molecular weight excluding hydrogens is 362 g/mol. The van der Waals surface area contributed by atoms with E-state index in [9.17, 15) is 14.7 Å². The molecule has 28 heavy (non-hydrogen) atoms. The van der Waals surface area contributed by atoms with Crippen LogP contribution in [0.5, 0.6) is 5.75 Å². The topological polar surface area (TPSA) is 100 Å². The number of nitrogens with zero attached hydrogens (tertiary/aromatic N) is 2. The Morgan fingerprint density at radius 3 is 2.32 bits per heavy atom. The van der Waals surface area contributed by atoms with Crippen molar-refractivity contribution < 1.29 is 24.2 Å². The lowest BCUT2D eigenvalue weighted by Gasteiger charge is -2.31. The van der Waals surface area contributed by atoms with E-state index in [-0.39, 0.29) is 11.7 Å². The van der Waals surface area contributed by atoms with Gasteiger partial charge in [-0.1, -0.05) is 6.07 Å². The van der Waals surface area contributed by atoms with Crippen LogP contribution in [0.2, 0.25) is 0 Å². The van der Waals surface area contributed by atoms with E-state index >= 15 is 0 Å². The van der Waals surface area contributed by atoms with Crippen molar-refractivity contribution in [3.63, 3.8) is 0 Å². The molecule has 2 amide bonds. The first-order valence-electron chi connectivity index (χ1n) is 9.20. The molecule has 2 N–H and O–H groups in total. The third kappa shape index (κ3) is 6.75. The zero-order valence-electron chi connectivity index (χ0n) is 17.3. The van der Waals surface area contributed by atoms with Crippen LogP contribution in [-0.4, -0.2) is 45.9 Å². The van der Waals surface area contributed by atoms with Gasteiger partial charge >= 0.3 is 12.2 Å². The molecule has 0 bridgehead atoms. The van der Waals surface area contributed by atoms with Gasteiger partial charge in [-0.15, -0.1) is 4.99 Å². The molecule has 154 valence electrons. The number of amides is 2. The molecule has 1 aromatic carbocycles. The van der Waals surface area contributed by atoms with Gasteiger partial charge < -0.3 is 19.5 Å². The molecule has 8 heteroatoms. The highest BCUT2D eigenvalue weighted by Gasteiger charge is 2.26. The van der Waals surface area contributed by atoms with E-state index in [4.69, 9.17) is 9.47 Å². The Hall–Kier alpha value is -2.77. The highest BCUT2D eigenvalue weighted by atomic mass is 16.6. The molecule has 0 unspecified atom stereocenters. The number of guanidine groups is 1. The van der Waals surface area contributed by atoms with Gasteiger partial charge in [0, 0.05) is 13.1 Å². The summed E-state index contributed by atoms with van der Waals surface area (Å²) in [6, 6.07) is 5.18. The average Bonchev–Trinajstić information content (AvgIpc) is 2.49. The number of carbonyl (C=O) groups is 2. The van der Waals surface area contributed by atoms with E-state index in [1.165, 1.54) is 0 Å². The van der Waals surface area contributed by atoms with Crippen LogP contribution < -0.4 is 5.32 Å². The molecule has 8 nitrogen and oxygen atoms in total. The minimum Gasteiger partial charge on any atom is -0.508 e. The minimum absolute atomic E-state index is 0.0532. The fourth-order valence-corrected chi connectivity index (χ4v) is 2.67. The van der Waals surface area contributed by atoms with Crippen molar-refractivity contribution in [2.24, 2.45) is 4.99 Å². The van der Waals surface area contributed by atoms with Crippen molar-refractivity contribution in [1.82, 2.24) is 10.2 Å². The molecule has 2 rings (SSSR count). The van der Waals surface area contributed by atoms with Gasteiger partial charge in [-0.25, -0.2) is 9.59 Å². The summed E-state index contributed by atoms with van der Waals surface area (Å²) in [5.41, 5.74) is 0.594. The molecule has 0 spiro atoms. The Balaban J connectivity index is 2.25. The average molecular weight is 391 g/mol. The van der Waals surface area contributed by atoms with Crippen LogP contribution in [0.4, 0.5) is 9.59 Å². The molecule has 0 aliphatic carbocycles. The number of aliphatic imine (C=N–C) groups is 1. The normalized spacial score (nSPS) is 14.9. The SMILES string of the molecule is CC(C)(C)OC(=O)N=C(NC(=O)OC(C)(C)C)N1CCc2ccc(O)cc2C1. The Kier molecular flexibility index (Phi) is 6.21. The number of hydrogen-bond acceptors (Lipinski definition) is 5. The van der Waals surface area contributed by atoms with Gasteiger partial charge in [-0.2, -0.15) is 0 Å². The number of carbonyl (C=O) groups excluding carboxylic acids is 2. The van der Waals surface area contributed by atoms with E-state index < -0.39 is 23.4 Å². The Morgan fingerprint density at radius 1 is 1.07 bits per heavy atom. The van der Waals surface area contributed by atoms with Crippen molar-refractivity contribution in [1.29, 1.82) is 0 Å². The second-order valence-electron chi connectivity index (χ2n) is 8.67. The number of phenolic OH excluding ortho intramolecular Hbond substituents is 1. The predicted molar refractivity (Wildman–Crippen MR) is 105 cm³/mol. The van der Waals surface area contributed by atoms with Crippen LogP contribution in [-0.2, 0) is 22.4 Å². The summed E-state index contributed by atoms with van der Waals surface area (Å²) in [7, 11) is 0. The van der Waals surface area contributed by atoms with E-state index in [1.54, 1.807) is 58.6 Å². The number of aromatic hydroxyl groups is 1. The van der Waals surface area contributed by atoms with Gasteiger partial charge in [0.25, 0.3) is 0 Å². The van der Waals surface area contributed by atoms with Crippen LogP contribution >= 0.6 is 0 Å². The van der Waals surface area contributed by atoms with Crippen LogP contribution in [0.3, 0.4) is 0 Å². The van der Waals surface area contributed by atoms with Gasteiger partial charge in [0.1, 0.15) is 17.0 Å². The molecule has 0 saturated heterocycles. The molecule has 0 aromatic heterocycles. The summed E-state index contributed by atoms with van der Waals surface area (Å²) in [6.07, 6.45) is -0.837. The summed E-state index contributed by atoms with van der Waals surface area (Å²) in [4.78, 5) is 30.2. The maximum atomic E-state index is 12.2.